The molecule has 0 saturated carbocycles. The summed E-state index contributed by atoms with van der Waals surface area (Å²) in [6.07, 6.45) is 14.6. The van der Waals surface area contributed by atoms with Gasteiger partial charge in [0.15, 0.2) is 0 Å². The molecule has 0 bridgehead atoms. The number of phosphoric acid groups is 1. The predicted molar refractivity (Wildman–Crippen MR) is 129 cm³/mol. The minimum Gasteiger partial charge on any atom is -0.790 e. The minimum atomic E-state index is -4.73. The van der Waals surface area contributed by atoms with Crippen molar-refractivity contribution < 1.29 is 30.3 Å². The monoisotopic (exact) mass is 468 g/mol. The van der Waals surface area contributed by atoms with Crippen LogP contribution in [-0.2, 0) is 9.09 Å². The Bertz CT molecular complexity index is 355. The van der Waals surface area contributed by atoms with Crippen molar-refractivity contribution in [3.63, 3.8) is 0 Å². The van der Waals surface area contributed by atoms with Crippen molar-refractivity contribution >= 4 is 7.82 Å². The van der Waals surface area contributed by atoms with Gasteiger partial charge < -0.3 is 30.3 Å². The number of quaternary nitrogens is 2. The first-order chi connectivity index (χ1) is 14.6. The molecule has 0 aliphatic heterocycles. The Kier molecular flexibility index (Phi) is 30.2. The molecule has 0 saturated heterocycles. The van der Waals surface area contributed by atoms with Gasteiger partial charge in [0.1, 0.15) is 0 Å². The van der Waals surface area contributed by atoms with Gasteiger partial charge in [-0.25, -0.2) is 0 Å². The van der Waals surface area contributed by atoms with Crippen molar-refractivity contribution in [3.8, 4) is 0 Å². The molecule has 0 aromatic carbocycles. The molecule has 2 atom stereocenters. The molecule has 0 aliphatic carbocycles. The summed E-state index contributed by atoms with van der Waals surface area (Å²) < 4.78 is 14.1. The average Bonchev–Trinajstić information content (AvgIpc) is 2.72. The number of phosphoric ester groups is 1. The van der Waals surface area contributed by atoms with E-state index in [2.05, 4.69) is 57.5 Å². The molecular weight excluding hydrogens is 411 g/mol. The van der Waals surface area contributed by atoms with Crippen LogP contribution in [0.4, 0.5) is 0 Å². The second-order valence-electron chi connectivity index (χ2n) is 8.93. The van der Waals surface area contributed by atoms with Crippen molar-refractivity contribution in [1.29, 1.82) is 0 Å². The molecule has 6 N–H and O–H groups in total. The highest BCUT2D eigenvalue weighted by atomic mass is 31.2. The number of rotatable bonds is 17. The first-order valence-corrected chi connectivity index (χ1v) is 14.3. The second kappa shape index (κ2) is 26.3. The van der Waals surface area contributed by atoms with Crippen LogP contribution in [-0.4, -0.2) is 19.7 Å². The maximum Gasteiger partial charge on any atom is 0.0768 e. The number of hydrogen-bond donors (Lipinski definition) is 2. The van der Waals surface area contributed by atoms with Crippen LogP contribution in [0.1, 0.15) is 119 Å². The standard InChI is InChI=1S/2C8H19N.C8H19O4P/c2*1-3-5-6-8(4-2)7-9;1-8(2)6-4-3-5-7-12-13(9,10)11/h2*8H,3-7,9H2,1-2H3;8H,3-7H2,1-2H3,(H2,9,10,11). The summed E-state index contributed by atoms with van der Waals surface area (Å²) in [7, 11) is -4.73. The Hall–Kier alpha value is 0.0300. The first-order valence-electron chi connectivity index (χ1n) is 12.9. The van der Waals surface area contributed by atoms with Crippen LogP contribution in [0.3, 0.4) is 0 Å². The van der Waals surface area contributed by atoms with Gasteiger partial charge in [0.05, 0.1) is 27.5 Å². The Morgan fingerprint density at radius 2 is 1.19 bits per heavy atom. The first kappa shape index (κ1) is 35.6. The van der Waals surface area contributed by atoms with Crippen LogP contribution in [0.2, 0.25) is 0 Å². The van der Waals surface area contributed by atoms with Crippen molar-refractivity contribution in [3.05, 3.63) is 0 Å². The lowest BCUT2D eigenvalue weighted by atomic mass is 10.00. The third-order valence-corrected chi connectivity index (χ3v) is 6.08. The van der Waals surface area contributed by atoms with Gasteiger partial charge in [0.2, 0.25) is 0 Å². The van der Waals surface area contributed by atoms with E-state index in [0.717, 1.165) is 44.2 Å². The lowest BCUT2D eigenvalue weighted by molar-refractivity contribution is -0.380. The summed E-state index contributed by atoms with van der Waals surface area (Å²) >= 11 is 0. The Labute approximate surface area is 194 Å². The van der Waals surface area contributed by atoms with E-state index in [-0.39, 0.29) is 6.61 Å². The smallest absolute Gasteiger partial charge is 0.0768 e. The molecule has 0 rings (SSSR count). The highest BCUT2D eigenvalue weighted by Crippen LogP contribution is 2.24. The normalized spacial score (nSPS) is 13.1. The molecule has 0 amide bonds. The molecular formula is C24H57N2O4P. The van der Waals surface area contributed by atoms with E-state index in [4.69, 9.17) is 0 Å². The fourth-order valence-electron chi connectivity index (χ4n) is 3.10. The molecule has 2 unspecified atom stereocenters. The number of hydrogen-bond acceptors (Lipinski definition) is 4. The third-order valence-electron chi connectivity index (χ3n) is 5.58. The minimum absolute atomic E-state index is 0.0301. The zero-order valence-electron chi connectivity index (χ0n) is 21.8. The molecule has 0 aromatic heterocycles. The average molecular weight is 469 g/mol. The molecule has 0 heterocycles. The van der Waals surface area contributed by atoms with Crippen LogP contribution >= 0.6 is 7.82 Å². The van der Waals surface area contributed by atoms with Crippen LogP contribution in [0.5, 0.6) is 0 Å². The lowest BCUT2D eigenvalue weighted by Crippen LogP contribution is -2.53. The van der Waals surface area contributed by atoms with E-state index >= 15 is 0 Å². The largest absolute Gasteiger partial charge is 0.790 e. The summed E-state index contributed by atoms with van der Waals surface area (Å²) in [6, 6.07) is 0. The third kappa shape index (κ3) is 34.8. The van der Waals surface area contributed by atoms with E-state index in [0.29, 0.717) is 12.3 Å². The van der Waals surface area contributed by atoms with E-state index in [1.54, 1.807) is 0 Å². The van der Waals surface area contributed by atoms with Crippen LogP contribution in [0.15, 0.2) is 0 Å². The molecule has 0 aliphatic rings. The topological polar surface area (TPSA) is 128 Å². The highest BCUT2D eigenvalue weighted by molar-refractivity contribution is 7.43. The van der Waals surface area contributed by atoms with Crippen molar-refractivity contribution in [2.24, 2.45) is 17.8 Å². The Balaban J connectivity index is -0.000000390. The lowest BCUT2D eigenvalue weighted by Gasteiger charge is -2.28. The summed E-state index contributed by atoms with van der Waals surface area (Å²) in [5, 5.41) is 0. The fraction of sp³-hybridized carbons (Fsp3) is 1.00. The quantitative estimate of drug-likeness (QED) is 0.247. The number of unbranched alkanes of at least 4 members (excludes halogenated alkanes) is 4. The van der Waals surface area contributed by atoms with Gasteiger partial charge in [0, 0.05) is 11.8 Å². The molecule has 0 spiro atoms. The van der Waals surface area contributed by atoms with E-state index in [9.17, 15) is 14.4 Å². The summed E-state index contributed by atoms with van der Waals surface area (Å²) in [6.45, 7) is 15.6. The van der Waals surface area contributed by atoms with Gasteiger partial charge in [0.25, 0.3) is 0 Å². The van der Waals surface area contributed by atoms with Gasteiger partial charge in [-0.1, -0.05) is 86.5 Å². The summed E-state index contributed by atoms with van der Waals surface area (Å²) in [4.78, 5) is 20.0. The maximum atomic E-state index is 10.0. The van der Waals surface area contributed by atoms with Gasteiger partial charge >= 0.3 is 0 Å². The maximum absolute atomic E-state index is 10.0. The molecule has 0 aromatic rings. The van der Waals surface area contributed by atoms with Crippen molar-refractivity contribution in [1.82, 2.24) is 0 Å². The molecule has 0 fully saturated rings. The van der Waals surface area contributed by atoms with Crippen molar-refractivity contribution in [2.45, 2.75) is 119 Å². The van der Waals surface area contributed by atoms with Gasteiger partial charge in [-0.3, -0.25) is 0 Å². The van der Waals surface area contributed by atoms with Gasteiger partial charge in [-0.15, -0.1) is 0 Å². The van der Waals surface area contributed by atoms with Gasteiger partial charge in [-0.2, -0.15) is 0 Å². The molecule has 192 valence electrons. The SMILES string of the molecule is CC(C)CCCCCOP(=O)([O-])[O-].CCCCC(CC)C[NH3+].CCCCC(CC)C[NH3+]. The van der Waals surface area contributed by atoms with E-state index in [1.165, 1.54) is 51.4 Å². The van der Waals surface area contributed by atoms with Crippen LogP contribution < -0.4 is 21.3 Å². The second-order valence-corrected chi connectivity index (χ2v) is 10.1. The van der Waals surface area contributed by atoms with E-state index < -0.39 is 7.82 Å². The van der Waals surface area contributed by atoms with Crippen LogP contribution in [0.25, 0.3) is 0 Å². The molecule has 31 heavy (non-hydrogen) atoms. The van der Waals surface area contributed by atoms with Crippen LogP contribution in [0, 0.1) is 17.8 Å². The summed E-state index contributed by atoms with van der Waals surface area (Å²) in [5.74, 6) is 2.46. The zero-order chi connectivity index (χ0) is 24.5. The predicted octanol–water partition coefficient (Wildman–Crippen LogP) is 3.94. The fourth-order valence-corrected chi connectivity index (χ4v) is 3.45. The Morgan fingerprint density at radius 1 is 0.742 bits per heavy atom. The van der Waals surface area contributed by atoms with Crippen molar-refractivity contribution in [2.75, 3.05) is 19.7 Å². The molecule has 0 radical (unpaired) electrons. The summed E-state index contributed by atoms with van der Waals surface area (Å²) in [5.41, 5.74) is 7.82. The molecule has 7 heteroatoms. The zero-order valence-corrected chi connectivity index (χ0v) is 22.7. The highest BCUT2D eigenvalue weighted by Gasteiger charge is 2.03. The molecule has 6 nitrogen and oxygen atoms in total. The van der Waals surface area contributed by atoms with E-state index in [1.807, 2.05) is 0 Å². The van der Waals surface area contributed by atoms with Gasteiger partial charge in [-0.05, 0) is 38.0 Å². The Morgan fingerprint density at radius 3 is 1.48 bits per heavy atom.